The lowest BCUT2D eigenvalue weighted by Crippen LogP contribution is -2.40. The molecule has 1 aliphatic rings. The Hall–Kier alpha value is -2.47. The molecular weight excluding hydrogens is 262 g/mol. The first-order valence-corrected chi connectivity index (χ1v) is 5.99. The van der Waals surface area contributed by atoms with Crippen molar-refractivity contribution in [2.75, 3.05) is 6.61 Å². The topological polar surface area (TPSA) is 72.9 Å². The molecule has 104 valence electrons. The Morgan fingerprint density at radius 2 is 1.85 bits per heavy atom. The van der Waals surface area contributed by atoms with Crippen molar-refractivity contribution in [3.05, 3.63) is 48.0 Å². The molecule has 0 spiro atoms. The van der Waals surface area contributed by atoms with Crippen LogP contribution >= 0.6 is 0 Å². The van der Waals surface area contributed by atoms with Crippen molar-refractivity contribution in [1.82, 2.24) is 4.90 Å². The molecule has 1 atom stereocenters. The molecule has 0 bridgehead atoms. The number of amides is 2. The van der Waals surface area contributed by atoms with Gasteiger partial charge in [0.15, 0.2) is 0 Å². The van der Waals surface area contributed by atoms with Gasteiger partial charge in [-0.2, -0.15) is 4.89 Å². The van der Waals surface area contributed by atoms with Crippen LogP contribution in [0.1, 0.15) is 27.6 Å². The second kappa shape index (κ2) is 5.66. The van der Waals surface area contributed by atoms with E-state index < -0.39 is 12.0 Å². The minimum Gasteiger partial charge on any atom is -0.293 e. The highest BCUT2D eigenvalue weighted by atomic mass is 17.2. The fourth-order valence-corrected chi connectivity index (χ4v) is 1.91. The quantitative estimate of drug-likeness (QED) is 0.351. The molecule has 0 radical (unpaired) electrons. The minimum atomic E-state index is -0.737. The number of carbonyl (C=O) groups is 3. The number of rotatable bonds is 5. The average Bonchev–Trinajstić information content (AvgIpc) is 2.71. The molecule has 0 N–H and O–H groups in total. The summed E-state index contributed by atoms with van der Waals surface area (Å²) in [5, 5.41) is 0. The number of nitrogens with zero attached hydrogens (tertiary/aromatic N) is 1. The van der Waals surface area contributed by atoms with E-state index in [-0.39, 0.29) is 18.4 Å². The molecule has 0 saturated heterocycles. The highest BCUT2D eigenvalue weighted by Gasteiger charge is 2.38. The summed E-state index contributed by atoms with van der Waals surface area (Å²) >= 11 is 0. The van der Waals surface area contributed by atoms with E-state index in [1.165, 1.54) is 0 Å². The molecule has 1 heterocycles. The first-order valence-electron chi connectivity index (χ1n) is 5.99. The van der Waals surface area contributed by atoms with E-state index in [2.05, 4.69) is 16.4 Å². The molecule has 0 saturated carbocycles. The van der Waals surface area contributed by atoms with Crippen LogP contribution in [-0.2, 0) is 14.6 Å². The molecule has 1 aromatic carbocycles. The monoisotopic (exact) mass is 275 g/mol. The largest absolute Gasteiger partial charge is 0.365 e. The summed E-state index contributed by atoms with van der Waals surface area (Å²) in [5.74, 6) is -1.49. The Labute approximate surface area is 115 Å². The van der Waals surface area contributed by atoms with Crippen molar-refractivity contribution in [2.45, 2.75) is 13.0 Å². The predicted molar refractivity (Wildman–Crippen MR) is 68.6 cm³/mol. The SMILES string of the molecule is C=CC(=O)OOCC(C)N1C(=O)c2ccccc2C1=O. The third-order valence-corrected chi connectivity index (χ3v) is 2.88. The van der Waals surface area contributed by atoms with Crippen molar-refractivity contribution in [1.29, 1.82) is 0 Å². The number of hydrogen-bond acceptors (Lipinski definition) is 5. The van der Waals surface area contributed by atoms with Crippen LogP contribution in [0.25, 0.3) is 0 Å². The van der Waals surface area contributed by atoms with Gasteiger partial charge >= 0.3 is 5.97 Å². The number of imide groups is 1. The summed E-state index contributed by atoms with van der Waals surface area (Å²) in [6.45, 7) is 4.74. The first-order chi connectivity index (χ1) is 9.56. The summed E-state index contributed by atoms with van der Waals surface area (Å²) in [6, 6.07) is 6.03. The molecule has 1 unspecified atom stereocenters. The van der Waals surface area contributed by atoms with Crippen LogP contribution in [0, 0.1) is 0 Å². The highest BCUT2D eigenvalue weighted by molar-refractivity contribution is 6.21. The molecule has 6 heteroatoms. The highest BCUT2D eigenvalue weighted by Crippen LogP contribution is 2.24. The second-order valence-corrected chi connectivity index (χ2v) is 4.27. The van der Waals surface area contributed by atoms with E-state index in [4.69, 9.17) is 0 Å². The molecule has 0 fully saturated rings. The summed E-state index contributed by atoms with van der Waals surface area (Å²) in [4.78, 5) is 45.2. The van der Waals surface area contributed by atoms with Gasteiger partial charge in [-0.15, -0.1) is 0 Å². The van der Waals surface area contributed by atoms with E-state index >= 15 is 0 Å². The third kappa shape index (κ3) is 2.46. The normalized spacial score (nSPS) is 14.9. The van der Waals surface area contributed by atoms with Gasteiger partial charge in [-0.05, 0) is 19.1 Å². The van der Waals surface area contributed by atoms with Crippen LogP contribution in [0.2, 0.25) is 0 Å². The van der Waals surface area contributed by atoms with Gasteiger partial charge in [-0.25, -0.2) is 4.79 Å². The minimum absolute atomic E-state index is 0.106. The molecule has 6 nitrogen and oxygen atoms in total. The van der Waals surface area contributed by atoms with Crippen LogP contribution < -0.4 is 0 Å². The van der Waals surface area contributed by atoms with Crippen LogP contribution in [0.15, 0.2) is 36.9 Å². The van der Waals surface area contributed by atoms with Gasteiger partial charge < -0.3 is 0 Å². The van der Waals surface area contributed by atoms with E-state index in [0.717, 1.165) is 11.0 Å². The van der Waals surface area contributed by atoms with Crippen molar-refractivity contribution in [3.63, 3.8) is 0 Å². The van der Waals surface area contributed by atoms with Gasteiger partial charge in [0, 0.05) is 6.08 Å². The summed E-state index contributed by atoms with van der Waals surface area (Å²) in [5.41, 5.74) is 0.736. The summed E-state index contributed by atoms with van der Waals surface area (Å²) in [6.07, 6.45) is 0.951. The van der Waals surface area contributed by atoms with Crippen molar-refractivity contribution in [2.24, 2.45) is 0 Å². The zero-order chi connectivity index (χ0) is 14.7. The van der Waals surface area contributed by atoms with Gasteiger partial charge in [0.05, 0.1) is 17.2 Å². The smallest absolute Gasteiger partial charge is 0.293 e. The van der Waals surface area contributed by atoms with E-state index in [0.29, 0.717) is 11.1 Å². The molecule has 0 aromatic heterocycles. The molecular formula is C14H13NO5. The van der Waals surface area contributed by atoms with Crippen LogP contribution in [0.4, 0.5) is 0 Å². The lowest BCUT2D eigenvalue weighted by atomic mass is 10.1. The number of hydrogen-bond donors (Lipinski definition) is 0. The van der Waals surface area contributed by atoms with Crippen LogP contribution in [0.3, 0.4) is 0 Å². The fourth-order valence-electron chi connectivity index (χ4n) is 1.91. The molecule has 2 rings (SSSR count). The van der Waals surface area contributed by atoms with Crippen LogP contribution in [0.5, 0.6) is 0 Å². The summed E-state index contributed by atoms with van der Waals surface area (Å²) in [7, 11) is 0. The van der Waals surface area contributed by atoms with E-state index in [9.17, 15) is 14.4 Å². The Morgan fingerprint density at radius 1 is 1.30 bits per heavy atom. The zero-order valence-corrected chi connectivity index (χ0v) is 10.9. The number of benzene rings is 1. The Morgan fingerprint density at radius 3 is 2.35 bits per heavy atom. The first kappa shape index (κ1) is 14.0. The van der Waals surface area contributed by atoms with E-state index in [1.807, 2.05) is 0 Å². The van der Waals surface area contributed by atoms with Gasteiger partial charge in [0.2, 0.25) is 0 Å². The van der Waals surface area contributed by atoms with Gasteiger partial charge in [-0.1, -0.05) is 18.7 Å². The maximum Gasteiger partial charge on any atom is 0.365 e. The molecule has 2 amide bonds. The van der Waals surface area contributed by atoms with Gasteiger partial charge in [0.25, 0.3) is 11.8 Å². The third-order valence-electron chi connectivity index (χ3n) is 2.88. The Bertz CT molecular complexity index is 546. The molecule has 20 heavy (non-hydrogen) atoms. The van der Waals surface area contributed by atoms with Crippen molar-refractivity contribution >= 4 is 17.8 Å². The van der Waals surface area contributed by atoms with Crippen molar-refractivity contribution in [3.8, 4) is 0 Å². The van der Waals surface area contributed by atoms with Gasteiger partial charge in [0.1, 0.15) is 6.61 Å². The standard InChI is InChI=1S/C14H13NO5/c1-3-12(16)20-19-8-9(2)15-13(17)10-6-4-5-7-11(10)14(15)18/h3-7,9H,1,8H2,2H3. The number of carbonyl (C=O) groups excluding carboxylic acids is 3. The summed E-state index contributed by atoms with van der Waals surface area (Å²) < 4.78 is 0. The molecule has 1 aromatic rings. The van der Waals surface area contributed by atoms with Gasteiger partial charge in [-0.3, -0.25) is 19.4 Å². The second-order valence-electron chi connectivity index (χ2n) is 4.27. The van der Waals surface area contributed by atoms with Crippen molar-refractivity contribution < 1.29 is 24.2 Å². The molecule has 0 aliphatic carbocycles. The lowest BCUT2D eigenvalue weighted by molar-refractivity contribution is -0.271. The van der Waals surface area contributed by atoms with E-state index in [1.54, 1.807) is 31.2 Å². The number of fused-ring (bicyclic) bond motifs is 1. The lowest BCUT2D eigenvalue weighted by Gasteiger charge is -2.21. The Balaban J connectivity index is 2.04. The maximum atomic E-state index is 12.1. The Kier molecular flexibility index (Phi) is 3.95. The maximum absolute atomic E-state index is 12.1. The molecule has 1 aliphatic heterocycles. The predicted octanol–water partition coefficient (Wildman–Crippen LogP) is 1.33. The van der Waals surface area contributed by atoms with Crippen LogP contribution in [-0.4, -0.2) is 35.3 Å². The average molecular weight is 275 g/mol. The zero-order valence-electron chi connectivity index (χ0n) is 10.9. The fraction of sp³-hybridized carbons (Fsp3) is 0.214.